The van der Waals surface area contributed by atoms with Gasteiger partial charge in [0.05, 0.1) is 17.4 Å². The van der Waals surface area contributed by atoms with E-state index in [1.54, 1.807) is 0 Å². The fourth-order valence-corrected chi connectivity index (χ4v) is 1.84. The second-order valence-electron chi connectivity index (χ2n) is 5.38. The van der Waals surface area contributed by atoms with E-state index in [9.17, 15) is 0 Å². The van der Waals surface area contributed by atoms with Crippen molar-refractivity contribution in [1.29, 1.82) is 0 Å². The van der Waals surface area contributed by atoms with Crippen molar-refractivity contribution in [2.24, 2.45) is 0 Å². The van der Waals surface area contributed by atoms with Crippen LogP contribution in [0.3, 0.4) is 0 Å². The highest BCUT2D eigenvalue weighted by molar-refractivity contribution is 5.39. The minimum Gasteiger partial charge on any atom is -0.381 e. The number of ether oxygens (including phenoxy) is 1. The van der Waals surface area contributed by atoms with Gasteiger partial charge in [0.25, 0.3) is 0 Å². The zero-order valence-corrected chi connectivity index (χ0v) is 10.4. The Kier molecular flexibility index (Phi) is 3.19. The van der Waals surface area contributed by atoms with Gasteiger partial charge in [-0.05, 0) is 33.6 Å². The van der Waals surface area contributed by atoms with Crippen LogP contribution in [0.25, 0.3) is 0 Å². The van der Waals surface area contributed by atoms with Gasteiger partial charge >= 0.3 is 0 Å². The van der Waals surface area contributed by atoms with Crippen molar-refractivity contribution in [2.45, 2.75) is 45.2 Å². The molecule has 4 heteroatoms. The first-order chi connectivity index (χ1) is 7.55. The number of rotatable bonds is 2. The van der Waals surface area contributed by atoms with Crippen LogP contribution < -0.4 is 5.32 Å². The van der Waals surface area contributed by atoms with Crippen molar-refractivity contribution in [3.63, 3.8) is 0 Å². The standard InChI is InChI=1S/C12H21N3O/c1-12(2,3)15-9-11(8-13-15)14-10-4-6-16-7-5-10/h8-10,14H,4-7H2,1-3H3. The van der Waals surface area contributed by atoms with Crippen molar-refractivity contribution in [3.05, 3.63) is 12.4 Å². The first-order valence-corrected chi connectivity index (χ1v) is 5.95. The molecule has 1 aliphatic heterocycles. The van der Waals surface area contributed by atoms with E-state index in [0.29, 0.717) is 6.04 Å². The predicted octanol–water partition coefficient (Wildman–Crippen LogP) is 2.23. The molecule has 0 bridgehead atoms. The third-order valence-corrected chi connectivity index (χ3v) is 2.86. The Morgan fingerprint density at radius 3 is 2.62 bits per heavy atom. The maximum absolute atomic E-state index is 5.34. The molecule has 2 rings (SSSR count). The summed E-state index contributed by atoms with van der Waals surface area (Å²) in [5, 5.41) is 7.89. The molecule has 1 fully saturated rings. The Hall–Kier alpha value is -1.03. The molecule has 1 aliphatic rings. The lowest BCUT2D eigenvalue weighted by Gasteiger charge is -2.23. The first kappa shape index (κ1) is 11.5. The van der Waals surface area contributed by atoms with Gasteiger partial charge in [-0.3, -0.25) is 4.68 Å². The monoisotopic (exact) mass is 223 g/mol. The molecule has 1 aromatic rings. The van der Waals surface area contributed by atoms with Gasteiger partial charge in [0.15, 0.2) is 0 Å². The number of nitrogens with one attached hydrogen (secondary N) is 1. The second-order valence-corrected chi connectivity index (χ2v) is 5.38. The summed E-state index contributed by atoms with van der Waals surface area (Å²) in [6.45, 7) is 8.19. The van der Waals surface area contributed by atoms with Crippen LogP contribution >= 0.6 is 0 Å². The lowest BCUT2D eigenvalue weighted by atomic mass is 10.1. The second kappa shape index (κ2) is 4.45. The highest BCUT2D eigenvalue weighted by Crippen LogP contribution is 2.18. The molecule has 0 unspecified atom stereocenters. The Bertz CT molecular complexity index is 334. The average molecular weight is 223 g/mol. The lowest BCUT2D eigenvalue weighted by Crippen LogP contribution is -2.27. The van der Waals surface area contributed by atoms with Crippen molar-refractivity contribution < 1.29 is 4.74 Å². The average Bonchev–Trinajstić information content (AvgIpc) is 2.67. The van der Waals surface area contributed by atoms with E-state index >= 15 is 0 Å². The van der Waals surface area contributed by atoms with Crippen molar-refractivity contribution >= 4 is 5.69 Å². The van der Waals surface area contributed by atoms with Gasteiger partial charge in [-0.1, -0.05) is 0 Å². The summed E-state index contributed by atoms with van der Waals surface area (Å²) in [7, 11) is 0. The molecule has 0 spiro atoms. The molecule has 1 N–H and O–H groups in total. The van der Waals surface area contributed by atoms with Crippen LogP contribution in [0.1, 0.15) is 33.6 Å². The molecule has 16 heavy (non-hydrogen) atoms. The van der Waals surface area contributed by atoms with Crippen LogP contribution in [0.5, 0.6) is 0 Å². The van der Waals surface area contributed by atoms with Gasteiger partial charge in [-0.15, -0.1) is 0 Å². The van der Waals surface area contributed by atoms with Gasteiger partial charge in [0.2, 0.25) is 0 Å². The molecule has 0 saturated carbocycles. The van der Waals surface area contributed by atoms with Crippen molar-refractivity contribution in [1.82, 2.24) is 9.78 Å². The molecule has 1 saturated heterocycles. The molecular weight excluding hydrogens is 202 g/mol. The minimum atomic E-state index is 0.0512. The summed E-state index contributed by atoms with van der Waals surface area (Å²) in [5.41, 5.74) is 1.16. The van der Waals surface area contributed by atoms with Gasteiger partial charge in [0.1, 0.15) is 0 Å². The molecule has 0 aromatic carbocycles. The zero-order chi connectivity index (χ0) is 11.6. The number of nitrogens with zero attached hydrogens (tertiary/aromatic N) is 2. The van der Waals surface area contributed by atoms with E-state index in [4.69, 9.17) is 4.74 Å². The minimum absolute atomic E-state index is 0.0512. The van der Waals surface area contributed by atoms with Gasteiger partial charge < -0.3 is 10.1 Å². The summed E-state index contributed by atoms with van der Waals surface area (Å²) in [6, 6.07) is 0.534. The molecule has 90 valence electrons. The van der Waals surface area contributed by atoms with Crippen molar-refractivity contribution in [2.75, 3.05) is 18.5 Å². The molecule has 4 nitrogen and oxygen atoms in total. The highest BCUT2D eigenvalue weighted by atomic mass is 16.5. The van der Waals surface area contributed by atoms with Crippen LogP contribution in [0.4, 0.5) is 5.69 Å². The zero-order valence-electron chi connectivity index (χ0n) is 10.4. The van der Waals surface area contributed by atoms with E-state index in [1.807, 2.05) is 10.9 Å². The SMILES string of the molecule is CC(C)(C)n1cc(NC2CCOCC2)cn1. The maximum atomic E-state index is 5.34. The number of anilines is 1. The van der Waals surface area contributed by atoms with E-state index in [2.05, 4.69) is 37.4 Å². The van der Waals surface area contributed by atoms with E-state index in [-0.39, 0.29) is 5.54 Å². The first-order valence-electron chi connectivity index (χ1n) is 5.95. The summed E-state index contributed by atoms with van der Waals surface area (Å²) in [4.78, 5) is 0. The third-order valence-electron chi connectivity index (χ3n) is 2.86. The summed E-state index contributed by atoms with van der Waals surface area (Å²) >= 11 is 0. The largest absolute Gasteiger partial charge is 0.381 e. The smallest absolute Gasteiger partial charge is 0.0728 e. The molecule has 0 atom stereocenters. The van der Waals surface area contributed by atoms with Crippen LogP contribution in [-0.4, -0.2) is 29.0 Å². The quantitative estimate of drug-likeness (QED) is 0.835. The number of hydrogen-bond acceptors (Lipinski definition) is 3. The van der Waals surface area contributed by atoms with Crippen LogP contribution in [0, 0.1) is 0 Å². The number of hydrogen-bond donors (Lipinski definition) is 1. The van der Waals surface area contributed by atoms with Crippen LogP contribution in [0.2, 0.25) is 0 Å². The topological polar surface area (TPSA) is 39.1 Å². The maximum Gasteiger partial charge on any atom is 0.0728 e. The van der Waals surface area contributed by atoms with Gasteiger partial charge in [0, 0.05) is 25.5 Å². The van der Waals surface area contributed by atoms with E-state index < -0.39 is 0 Å². The Balaban J connectivity index is 1.97. The lowest BCUT2D eigenvalue weighted by molar-refractivity contribution is 0.0904. The Morgan fingerprint density at radius 1 is 1.38 bits per heavy atom. The molecule has 0 amide bonds. The van der Waals surface area contributed by atoms with Gasteiger partial charge in [-0.25, -0.2) is 0 Å². The Morgan fingerprint density at radius 2 is 2.06 bits per heavy atom. The van der Waals surface area contributed by atoms with E-state index in [1.165, 1.54) is 0 Å². The summed E-state index contributed by atoms with van der Waals surface area (Å²) < 4.78 is 7.33. The van der Waals surface area contributed by atoms with E-state index in [0.717, 1.165) is 31.7 Å². The Labute approximate surface area is 97.0 Å². The number of aromatic nitrogens is 2. The fraction of sp³-hybridized carbons (Fsp3) is 0.750. The summed E-state index contributed by atoms with van der Waals surface area (Å²) in [5.74, 6) is 0. The molecule has 2 heterocycles. The molecule has 0 aliphatic carbocycles. The third kappa shape index (κ3) is 2.76. The highest BCUT2D eigenvalue weighted by Gasteiger charge is 2.17. The van der Waals surface area contributed by atoms with Crippen LogP contribution in [0.15, 0.2) is 12.4 Å². The van der Waals surface area contributed by atoms with Crippen LogP contribution in [-0.2, 0) is 10.3 Å². The molecule has 0 radical (unpaired) electrons. The summed E-state index contributed by atoms with van der Waals surface area (Å²) in [6.07, 6.45) is 6.15. The predicted molar refractivity (Wildman–Crippen MR) is 64.7 cm³/mol. The molecular formula is C12H21N3O. The molecule has 1 aromatic heterocycles. The van der Waals surface area contributed by atoms with Crippen molar-refractivity contribution in [3.8, 4) is 0 Å². The fourth-order valence-electron chi connectivity index (χ4n) is 1.84. The normalized spacial score (nSPS) is 18.7. The van der Waals surface area contributed by atoms with Gasteiger partial charge in [-0.2, -0.15) is 5.10 Å².